The maximum atomic E-state index is 13.2. The van der Waals surface area contributed by atoms with Crippen LogP contribution in [0.4, 0.5) is 4.39 Å². The smallest absolute Gasteiger partial charge is 0.218 e. The summed E-state index contributed by atoms with van der Waals surface area (Å²) in [6.07, 6.45) is 4.82. The van der Waals surface area contributed by atoms with Crippen molar-refractivity contribution >= 4 is 0 Å². The highest BCUT2D eigenvalue weighted by molar-refractivity contribution is 5.26. The molecule has 3 nitrogen and oxygen atoms in total. The predicted molar refractivity (Wildman–Crippen MR) is 77.8 cm³/mol. The van der Waals surface area contributed by atoms with Gasteiger partial charge < -0.3 is 10.5 Å². The number of pyridine rings is 1. The van der Waals surface area contributed by atoms with Crippen LogP contribution in [-0.4, -0.2) is 11.1 Å². The largest absolute Gasteiger partial charge is 0.474 e. The minimum Gasteiger partial charge on any atom is -0.474 e. The Labute approximate surface area is 120 Å². The highest BCUT2D eigenvalue weighted by Gasteiger charge is 2.32. The van der Waals surface area contributed by atoms with Gasteiger partial charge in [0.25, 0.3) is 0 Å². The third-order valence-electron chi connectivity index (χ3n) is 4.34. The fourth-order valence-electron chi connectivity index (χ4n) is 3.11. The summed E-state index contributed by atoms with van der Waals surface area (Å²) in [5.74, 6) is 1.91. The van der Waals surface area contributed by atoms with Gasteiger partial charge in [-0.15, -0.1) is 0 Å². The minimum atomic E-state index is -0.366. The minimum absolute atomic E-state index is 0.155. The first-order valence-corrected chi connectivity index (χ1v) is 7.52. The van der Waals surface area contributed by atoms with Crippen LogP contribution in [0.25, 0.3) is 0 Å². The first kappa shape index (κ1) is 15.2. The second kappa shape index (κ2) is 6.53. The van der Waals surface area contributed by atoms with E-state index >= 15 is 0 Å². The molecule has 0 aliphatic heterocycles. The first-order chi connectivity index (χ1) is 9.51. The molecule has 0 bridgehead atoms. The number of hydrogen-bond donors (Lipinski definition) is 1. The number of nitrogens with zero attached hydrogens (tertiary/aromatic N) is 1. The highest BCUT2D eigenvalue weighted by atomic mass is 19.1. The molecule has 0 spiro atoms. The van der Waals surface area contributed by atoms with Crippen molar-refractivity contribution in [1.82, 2.24) is 4.98 Å². The van der Waals surface area contributed by atoms with Gasteiger partial charge in [0.15, 0.2) is 0 Å². The van der Waals surface area contributed by atoms with E-state index in [9.17, 15) is 4.39 Å². The summed E-state index contributed by atoms with van der Waals surface area (Å²) in [5.41, 5.74) is 6.30. The third kappa shape index (κ3) is 3.48. The van der Waals surface area contributed by atoms with Crippen molar-refractivity contribution in [2.24, 2.45) is 23.5 Å². The second-order valence-electron chi connectivity index (χ2n) is 6.30. The van der Waals surface area contributed by atoms with E-state index < -0.39 is 0 Å². The van der Waals surface area contributed by atoms with Gasteiger partial charge in [-0.2, -0.15) is 0 Å². The van der Waals surface area contributed by atoms with E-state index in [2.05, 4.69) is 25.8 Å². The Bertz CT molecular complexity index is 450. The Morgan fingerprint density at radius 3 is 2.85 bits per heavy atom. The number of nitrogens with two attached hydrogens (primary N) is 1. The molecule has 1 saturated carbocycles. The van der Waals surface area contributed by atoms with E-state index in [1.807, 2.05) is 0 Å². The van der Waals surface area contributed by atoms with E-state index in [0.717, 1.165) is 6.42 Å². The number of hydrogen-bond acceptors (Lipinski definition) is 3. The van der Waals surface area contributed by atoms with Crippen molar-refractivity contribution in [2.75, 3.05) is 0 Å². The van der Waals surface area contributed by atoms with Crippen LogP contribution in [0.5, 0.6) is 5.88 Å². The van der Waals surface area contributed by atoms with Crippen molar-refractivity contribution in [3.8, 4) is 5.88 Å². The highest BCUT2D eigenvalue weighted by Crippen LogP contribution is 2.36. The molecule has 0 aromatic carbocycles. The van der Waals surface area contributed by atoms with Crippen molar-refractivity contribution in [3.63, 3.8) is 0 Å². The van der Waals surface area contributed by atoms with Crippen molar-refractivity contribution in [3.05, 3.63) is 23.6 Å². The second-order valence-corrected chi connectivity index (χ2v) is 6.30. The molecular weight excluding hydrogens is 255 g/mol. The molecule has 0 amide bonds. The van der Waals surface area contributed by atoms with Crippen LogP contribution >= 0.6 is 0 Å². The number of halogens is 1. The van der Waals surface area contributed by atoms with Crippen molar-refractivity contribution in [2.45, 2.75) is 52.7 Å². The summed E-state index contributed by atoms with van der Waals surface area (Å²) < 4.78 is 19.3. The lowest BCUT2D eigenvalue weighted by Crippen LogP contribution is -2.36. The van der Waals surface area contributed by atoms with E-state index in [4.69, 9.17) is 10.5 Å². The summed E-state index contributed by atoms with van der Waals surface area (Å²) in [4.78, 5) is 4.08. The molecule has 0 saturated heterocycles. The molecule has 2 rings (SSSR count). The summed E-state index contributed by atoms with van der Waals surface area (Å²) in [6.45, 7) is 6.97. The van der Waals surface area contributed by atoms with E-state index in [0.29, 0.717) is 29.2 Å². The lowest BCUT2D eigenvalue weighted by molar-refractivity contribution is 0.0418. The van der Waals surface area contributed by atoms with Gasteiger partial charge >= 0.3 is 0 Å². The molecule has 1 aromatic heterocycles. The predicted octanol–water partition coefficient (Wildman–Crippen LogP) is 3.52. The number of aromatic nitrogens is 1. The molecule has 1 fully saturated rings. The molecule has 4 heteroatoms. The van der Waals surface area contributed by atoms with Crippen LogP contribution < -0.4 is 10.5 Å². The van der Waals surface area contributed by atoms with Crippen LogP contribution in [0.1, 0.15) is 45.6 Å². The molecular formula is C16H25FN2O. The maximum Gasteiger partial charge on any atom is 0.218 e. The van der Waals surface area contributed by atoms with Gasteiger partial charge in [-0.05, 0) is 36.7 Å². The fraction of sp³-hybridized carbons (Fsp3) is 0.688. The Morgan fingerprint density at radius 2 is 2.20 bits per heavy atom. The zero-order valence-electron chi connectivity index (χ0n) is 12.6. The summed E-state index contributed by atoms with van der Waals surface area (Å²) in [5, 5.41) is 0. The molecule has 20 heavy (non-hydrogen) atoms. The van der Waals surface area contributed by atoms with Crippen LogP contribution in [0.3, 0.4) is 0 Å². The lowest BCUT2D eigenvalue weighted by atomic mass is 9.75. The SMILES string of the molecule is CC1CCC(C(C)C)C(Oc2ncc(F)cc2CN)C1. The molecule has 1 heterocycles. The first-order valence-electron chi connectivity index (χ1n) is 7.52. The average molecular weight is 280 g/mol. The van der Waals surface area contributed by atoms with Gasteiger partial charge in [0.1, 0.15) is 11.9 Å². The molecule has 3 unspecified atom stereocenters. The normalized spacial score (nSPS) is 26.8. The van der Waals surface area contributed by atoms with Gasteiger partial charge in [-0.3, -0.25) is 0 Å². The number of ether oxygens (including phenoxy) is 1. The van der Waals surface area contributed by atoms with Gasteiger partial charge in [0.05, 0.1) is 6.20 Å². The molecule has 2 N–H and O–H groups in total. The topological polar surface area (TPSA) is 48.1 Å². The van der Waals surface area contributed by atoms with Crippen LogP contribution in [-0.2, 0) is 6.54 Å². The van der Waals surface area contributed by atoms with Gasteiger partial charge in [0, 0.05) is 12.1 Å². The molecule has 1 aliphatic carbocycles. The Morgan fingerprint density at radius 1 is 1.45 bits per heavy atom. The standard InChI is InChI=1S/C16H25FN2O/c1-10(2)14-5-4-11(3)6-15(14)20-16-12(8-18)7-13(17)9-19-16/h7,9-11,14-15H,4-6,8,18H2,1-3H3. The molecule has 1 aliphatic rings. The third-order valence-corrected chi connectivity index (χ3v) is 4.34. The fourth-order valence-corrected chi connectivity index (χ4v) is 3.11. The van der Waals surface area contributed by atoms with Gasteiger partial charge in [-0.25, -0.2) is 9.37 Å². The van der Waals surface area contributed by atoms with E-state index in [1.165, 1.54) is 25.1 Å². The van der Waals surface area contributed by atoms with Crippen LogP contribution in [0.15, 0.2) is 12.3 Å². The van der Waals surface area contributed by atoms with E-state index in [1.54, 1.807) is 0 Å². The summed E-state index contributed by atoms with van der Waals surface area (Å²) >= 11 is 0. The monoisotopic (exact) mass is 280 g/mol. The Balaban J connectivity index is 2.17. The molecule has 112 valence electrons. The average Bonchev–Trinajstić information content (AvgIpc) is 2.40. The van der Waals surface area contributed by atoms with Crippen LogP contribution in [0, 0.1) is 23.6 Å². The zero-order chi connectivity index (χ0) is 14.7. The lowest BCUT2D eigenvalue weighted by Gasteiger charge is -2.37. The Hall–Kier alpha value is -1.16. The Kier molecular flexibility index (Phi) is 4.97. The molecule has 1 aromatic rings. The maximum absolute atomic E-state index is 13.2. The zero-order valence-corrected chi connectivity index (χ0v) is 12.6. The van der Waals surface area contributed by atoms with Crippen molar-refractivity contribution in [1.29, 1.82) is 0 Å². The summed E-state index contributed by atoms with van der Waals surface area (Å²) in [6, 6.07) is 1.42. The number of rotatable bonds is 4. The van der Waals surface area contributed by atoms with E-state index in [-0.39, 0.29) is 18.5 Å². The van der Waals surface area contributed by atoms with Gasteiger partial charge in [-0.1, -0.05) is 27.2 Å². The van der Waals surface area contributed by atoms with Crippen LogP contribution in [0.2, 0.25) is 0 Å². The van der Waals surface area contributed by atoms with Crippen molar-refractivity contribution < 1.29 is 9.13 Å². The summed E-state index contributed by atoms with van der Waals surface area (Å²) in [7, 11) is 0. The quantitative estimate of drug-likeness (QED) is 0.918. The molecule has 0 radical (unpaired) electrons. The molecule has 3 atom stereocenters. The van der Waals surface area contributed by atoms with Gasteiger partial charge in [0.2, 0.25) is 5.88 Å².